The van der Waals surface area contributed by atoms with E-state index in [2.05, 4.69) is 29.4 Å². The molecule has 2 aromatic carbocycles. The molecule has 0 bridgehead atoms. The van der Waals surface area contributed by atoms with Gasteiger partial charge in [-0.3, -0.25) is 14.9 Å². The van der Waals surface area contributed by atoms with Gasteiger partial charge in [-0.15, -0.1) is 0 Å². The molecule has 0 radical (unpaired) electrons. The second-order valence-electron chi connectivity index (χ2n) is 10.2. The SMILES string of the molecule is CC(C)COc1cccc(C(=O)NC(=S)Nc2ccc(N3CCN(C(=O)C(C)(C)C)CC3)cc2)c1. The van der Waals surface area contributed by atoms with Crippen LogP contribution >= 0.6 is 12.2 Å². The maximum absolute atomic E-state index is 12.6. The van der Waals surface area contributed by atoms with Gasteiger partial charge in [0.15, 0.2) is 5.11 Å². The van der Waals surface area contributed by atoms with Crippen LogP contribution in [0.3, 0.4) is 0 Å². The number of nitrogens with zero attached hydrogens (tertiary/aromatic N) is 2. The molecule has 7 nitrogen and oxygen atoms in total. The van der Waals surface area contributed by atoms with Gasteiger partial charge in [-0.2, -0.15) is 0 Å². The molecule has 1 saturated heterocycles. The molecule has 0 spiro atoms. The molecule has 0 aromatic heterocycles. The first-order valence-electron chi connectivity index (χ1n) is 12.0. The van der Waals surface area contributed by atoms with Crippen LogP contribution in [0.15, 0.2) is 48.5 Å². The molecular formula is C27H36N4O3S. The number of carbonyl (C=O) groups is 2. The summed E-state index contributed by atoms with van der Waals surface area (Å²) >= 11 is 5.33. The number of hydrogen-bond donors (Lipinski definition) is 2. The van der Waals surface area contributed by atoms with E-state index in [-0.39, 0.29) is 22.3 Å². The Balaban J connectivity index is 1.50. The van der Waals surface area contributed by atoms with Crippen LogP contribution in [0.25, 0.3) is 0 Å². The molecule has 2 amide bonds. The topological polar surface area (TPSA) is 73.9 Å². The Hall–Kier alpha value is -3.13. The lowest BCUT2D eigenvalue weighted by Crippen LogP contribution is -2.51. The van der Waals surface area contributed by atoms with Crippen LogP contribution in [0.4, 0.5) is 11.4 Å². The molecule has 8 heteroatoms. The Kier molecular flexibility index (Phi) is 8.72. The van der Waals surface area contributed by atoms with E-state index < -0.39 is 0 Å². The summed E-state index contributed by atoms with van der Waals surface area (Å²) in [5, 5.41) is 6.01. The largest absolute Gasteiger partial charge is 0.493 e. The van der Waals surface area contributed by atoms with E-state index in [4.69, 9.17) is 17.0 Å². The van der Waals surface area contributed by atoms with Crippen LogP contribution in [0, 0.1) is 11.3 Å². The fourth-order valence-electron chi connectivity index (χ4n) is 3.73. The number of piperazine rings is 1. The Bertz CT molecular complexity index is 1040. The van der Waals surface area contributed by atoms with E-state index in [0.29, 0.717) is 23.8 Å². The molecule has 1 aliphatic rings. The molecule has 2 aromatic rings. The molecule has 0 unspecified atom stereocenters. The molecule has 1 fully saturated rings. The third-order valence-electron chi connectivity index (χ3n) is 5.61. The van der Waals surface area contributed by atoms with E-state index in [1.54, 1.807) is 18.2 Å². The summed E-state index contributed by atoms with van der Waals surface area (Å²) in [7, 11) is 0. The molecule has 2 N–H and O–H groups in total. The third-order valence-corrected chi connectivity index (χ3v) is 5.81. The van der Waals surface area contributed by atoms with Crippen LogP contribution in [0.5, 0.6) is 5.75 Å². The normalized spacial score (nSPS) is 14.0. The summed E-state index contributed by atoms with van der Waals surface area (Å²) in [4.78, 5) is 29.3. The first kappa shape index (κ1) is 26.5. The van der Waals surface area contributed by atoms with Crippen LogP contribution in [0.1, 0.15) is 45.0 Å². The van der Waals surface area contributed by atoms with Crippen LogP contribution in [-0.2, 0) is 4.79 Å². The molecule has 0 atom stereocenters. The zero-order valence-corrected chi connectivity index (χ0v) is 22.1. The third kappa shape index (κ3) is 7.68. The quantitative estimate of drug-likeness (QED) is 0.572. The van der Waals surface area contributed by atoms with Crippen LogP contribution < -0.4 is 20.3 Å². The van der Waals surface area contributed by atoms with Crippen molar-refractivity contribution in [1.82, 2.24) is 10.2 Å². The molecule has 1 heterocycles. The number of amides is 2. The summed E-state index contributed by atoms with van der Waals surface area (Å²) in [5.74, 6) is 0.959. The monoisotopic (exact) mass is 496 g/mol. The van der Waals surface area contributed by atoms with Crippen molar-refractivity contribution < 1.29 is 14.3 Å². The van der Waals surface area contributed by atoms with Crippen molar-refractivity contribution in [2.45, 2.75) is 34.6 Å². The highest BCUT2D eigenvalue weighted by Gasteiger charge is 2.29. The average molecular weight is 497 g/mol. The highest BCUT2D eigenvalue weighted by Crippen LogP contribution is 2.23. The highest BCUT2D eigenvalue weighted by molar-refractivity contribution is 7.80. The lowest BCUT2D eigenvalue weighted by atomic mass is 9.94. The summed E-state index contributed by atoms with van der Waals surface area (Å²) in [6.07, 6.45) is 0. The van der Waals surface area contributed by atoms with Gasteiger partial charge in [0.1, 0.15) is 5.75 Å². The van der Waals surface area contributed by atoms with Crippen LogP contribution in [0.2, 0.25) is 0 Å². The second-order valence-corrected chi connectivity index (χ2v) is 10.6. The average Bonchev–Trinajstić information content (AvgIpc) is 2.82. The van der Waals surface area contributed by atoms with Crippen LogP contribution in [-0.4, -0.2) is 54.6 Å². The number of anilines is 2. The highest BCUT2D eigenvalue weighted by atomic mass is 32.1. The van der Waals surface area contributed by atoms with E-state index in [1.165, 1.54) is 0 Å². The fraction of sp³-hybridized carbons (Fsp3) is 0.444. The van der Waals surface area contributed by atoms with Crippen molar-refractivity contribution in [2.24, 2.45) is 11.3 Å². The lowest BCUT2D eigenvalue weighted by Gasteiger charge is -2.38. The van der Waals surface area contributed by atoms with Crippen molar-refractivity contribution in [3.63, 3.8) is 0 Å². The van der Waals surface area contributed by atoms with E-state index >= 15 is 0 Å². The minimum absolute atomic E-state index is 0.196. The number of carbonyl (C=O) groups excluding carboxylic acids is 2. The Labute approximate surface area is 213 Å². The van der Waals surface area contributed by atoms with Crippen molar-refractivity contribution in [1.29, 1.82) is 0 Å². The molecule has 1 aliphatic heterocycles. The molecule has 0 saturated carbocycles. The first-order chi connectivity index (χ1) is 16.5. The van der Waals surface area contributed by atoms with E-state index in [1.807, 2.05) is 56.0 Å². The fourth-order valence-corrected chi connectivity index (χ4v) is 3.94. The van der Waals surface area contributed by atoms with Gasteiger partial charge in [0.25, 0.3) is 5.91 Å². The van der Waals surface area contributed by atoms with Gasteiger partial charge in [0, 0.05) is 48.5 Å². The summed E-state index contributed by atoms with van der Waals surface area (Å²) < 4.78 is 5.70. The van der Waals surface area contributed by atoms with Gasteiger partial charge in [0.05, 0.1) is 6.61 Å². The Morgan fingerprint density at radius 1 is 1.03 bits per heavy atom. The van der Waals surface area contributed by atoms with Gasteiger partial charge in [-0.25, -0.2) is 0 Å². The minimum Gasteiger partial charge on any atom is -0.493 e. The summed E-state index contributed by atoms with van der Waals surface area (Å²) in [5.41, 5.74) is 2.00. The van der Waals surface area contributed by atoms with Crippen molar-refractivity contribution in [2.75, 3.05) is 43.0 Å². The number of hydrogen-bond acceptors (Lipinski definition) is 5. The first-order valence-corrected chi connectivity index (χ1v) is 12.4. The van der Waals surface area contributed by atoms with Crippen molar-refractivity contribution >= 4 is 40.5 Å². The second kappa shape index (κ2) is 11.5. The Morgan fingerprint density at radius 2 is 1.69 bits per heavy atom. The van der Waals surface area contributed by atoms with Gasteiger partial charge < -0.3 is 19.9 Å². The predicted molar refractivity (Wildman–Crippen MR) is 145 cm³/mol. The number of thiocarbonyl (C=S) groups is 1. The molecule has 3 rings (SSSR count). The zero-order valence-electron chi connectivity index (χ0n) is 21.3. The molecule has 188 valence electrons. The van der Waals surface area contributed by atoms with Gasteiger partial charge in [-0.05, 0) is 60.6 Å². The predicted octanol–water partition coefficient (Wildman–Crippen LogP) is 4.54. The molecule has 0 aliphatic carbocycles. The van der Waals surface area contributed by atoms with Gasteiger partial charge >= 0.3 is 0 Å². The van der Waals surface area contributed by atoms with E-state index in [9.17, 15) is 9.59 Å². The smallest absolute Gasteiger partial charge is 0.257 e. The number of ether oxygens (including phenoxy) is 1. The number of rotatable bonds is 6. The lowest BCUT2D eigenvalue weighted by molar-refractivity contribution is -0.139. The minimum atomic E-state index is -0.354. The van der Waals surface area contributed by atoms with Gasteiger partial charge in [-0.1, -0.05) is 40.7 Å². The maximum Gasteiger partial charge on any atom is 0.257 e. The molecule has 35 heavy (non-hydrogen) atoms. The standard InChI is InChI=1S/C27H36N4O3S/c1-19(2)18-34-23-8-6-7-20(17-23)24(32)29-26(35)28-21-9-11-22(12-10-21)30-13-15-31(16-14-30)25(33)27(3,4)5/h6-12,17,19H,13-16,18H2,1-5H3,(H2,28,29,32,35). The Morgan fingerprint density at radius 3 is 2.29 bits per heavy atom. The van der Waals surface area contributed by atoms with Crippen molar-refractivity contribution in [3.05, 3.63) is 54.1 Å². The summed E-state index contributed by atoms with van der Waals surface area (Å²) in [6, 6.07) is 15.0. The van der Waals surface area contributed by atoms with Gasteiger partial charge in [0.2, 0.25) is 5.91 Å². The number of benzene rings is 2. The van der Waals surface area contributed by atoms with E-state index in [0.717, 1.165) is 37.6 Å². The van der Waals surface area contributed by atoms with Crippen molar-refractivity contribution in [3.8, 4) is 5.75 Å². The number of nitrogens with one attached hydrogen (secondary N) is 2. The molecular weight excluding hydrogens is 460 g/mol. The zero-order chi connectivity index (χ0) is 25.6. The maximum atomic E-state index is 12.6. The summed E-state index contributed by atoms with van der Waals surface area (Å²) in [6.45, 7) is 13.6.